The number of hydrogen-bond donors (Lipinski definition) is 1. The van der Waals surface area contributed by atoms with Crippen LogP contribution in [0, 0.1) is 13.8 Å². The van der Waals surface area contributed by atoms with Crippen LogP contribution in [0.15, 0.2) is 18.2 Å². The molecule has 3 nitrogen and oxygen atoms in total. The molecule has 1 heterocycles. The molecule has 1 fully saturated rings. The van der Waals surface area contributed by atoms with Crippen LogP contribution in [0.5, 0.6) is 0 Å². The van der Waals surface area contributed by atoms with Crippen LogP contribution in [0.3, 0.4) is 0 Å². The molecule has 0 aliphatic carbocycles. The molecule has 1 aliphatic heterocycles. The maximum absolute atomic E-state index is 11.0. The Morgan fingerprint density at radius 3 is 2.82 bits per heavy atom. The number of benzene rings is 1. The van der Waals surface area contributed by atoms with Gasteiger partial charge in [-0.1, -0.05) is 6.07 Å². The van der Waals surface area contributed by atoms with Gasteiger partial charge in [-0.25, -0.2) is 0 Å². The molecule has 1 saturated heterocycles. The Morgan fingerprint density at radius 2 is 2.18 bits per heavy atom. The Hall–Kier alpha value is -1.16. The van der Waals surface area contributed by atoms with E-state index >= 15 is 0 Å². The number of anilines is 1. The third-order valence-corrected chi connectivity index (χ3v) is 4.37. The van der Waals surface area contributed by atoms with E-state index in [-0.39, 0.29) is 5.25 Å². The van der Waals surface area contributed by atoms with Crippen LogP contribution in [0.25, 0.3) is 0 Å². The number of rotatable bonds is 2. The average Bonchev–Trinajstić information content (AvgIpc) is 2.33. The molecule has 92 valence electrons. The molecular formula is C13H17NO2S. The lowest BCUT2D eigenvalue weighted by Gasteiger charge is -2.32. The van der Waals surface area contributed by atoms with E-state index in [4.69, 9.17) is 5.11 Å². The predicted molar refractivity (Wildman–Crippen MR) is 72.0 cm³/mol. The van der Waals surface area contributed by atoms with Gasteiger partial charge < -0.3 is 10.0 Å². The molecular weight excluding hydrogens is 234 g/mol. The summed E-state index contributed by atoms with van der Waals surface area (Å²) in [6, 6.07) is 6.32. The van der Waals surface area contributed by atoms with Gasteiger partial charge >= 0.3 is 5.97 Å². The highest BCUT2D eigenvalue weighted by molar-refractivity contribution is 8.00. The second-order valence-corrected chi connectivity index (χ2v) is 5.72. The Bertz CT molecular complexity index is 433. The highest BCUT2D eigenvalue weighted by Gasteiger charge is 2.26. The van der Waals surface area contributed by atoms with Gasteiger partial charge in [0.25, 0.3) is 0 Å². The van der Waals surface area contributed by atoms with Gasteiger partial charge in [0.15, 0.2) is 0 Å². The summed E-state index contributed by atoms with van der Waals surface area (Å²) in [5.41, 5.74) is 3.67. The zero-order valence-electron chi connectivity index (χ0n) is 10.1. The maximum atomic E-state index is 11.0. The van der Waals surface area contributed by atoms with Crippen molar-refractivity contribution in [1.82, 2.24) is 0 Å². The van der Waals surface area contributed by atoms with E-state index in [1.54, 1.807) is 0 Å². The van der Waals surface area contributed by atoms with E-state index in [2.05, 4.69) is 36.9 Å². The topological polar surface area (TPSA) is 40.5 Å². The van der Waals surface area contributed by atoms with Crippen molar-refractivity contribution in [3.63, 3.8) is 0 Å². The van der Waals surface area contributed by atoms with E-state index in [0.717, 1.165) is 18.0 Å². The van der Waals surface area contributed by atoms with Crippen molar-refractivity contribution >= 4 is 23.4 Å². The highest BCUT2D eigenvalue weighted by atomic mass is 32.2. The molecule has 17 heavy (non-hydrogen) atoms. The van der Waals surface area contributed by atoms with E-state index in [9.17, 15) is 4.79 Å². The van der Waals surface area contributed by atoms with Crippen molar-refractivity contribution in [3.8, 4) is 0 Å². The van der Waals surface area contributed by atoms with Crippen molar-refractivity contribution in [2.24, 2.45) is 0 Å². The van der Waals surface area contributed by atoms with Gasteiger partial charge in [-0.05, 0) is 37.1 Å². The first-order chi connectivity index (χ1) is 8.08. The Morgan fingerprint density at radius 1 is 1.41 bits per heavy atom. The van der Waals surface area contributed by atoms with Crippen LogP contribution in [0.2, 0.25) is 0 Å². The summed E-state index contributed by atoms with van der Waals surface area (Å²) in [6.45, 7) is 5.71. The van der Waals surface area contributed by atoms with E-state index in [0.29, 0.717) is 6.54 Å². The van der Waals surface area contributed by atoms with Crippen molar-refractivity contribution in [2.75, 3.05) is 23.7 Å². The van der Waals surface area contributed by atoms with Crippen LogP contribution >= 0.6 is 11.8 Å². The molecule has 0 aromatic heterocycles. The third-order valence-electron chi connectivity index (χ3n) is 3.20. The fourth-order valence-corrected chi connectivity index (χ4v) is 2.99. The van der Waals surface area contributed by atoms with Crippen molar-refractivity contribution < 1.29 is 9.90 Å². The minimum Gasteiger partial charge on any atom is -0.480 e. The van der Waals surface area contributed by atoms with Gasteiger partial charge in [0.1, 0.15) is 5.25 Å². The number of carboxylic acid groups (broad SMARTS) is 1. The quantitative estimate of drug-likeness (QED) is 0.875. The van der Waals surface area contributed by atoms with Gasteiger partial charge in [0.05, 0.1) is 0 Å². The van der Waals surface area contributed by atoms with Gasteiger partial charge in [-0.2, -0.15) is 0 Å². The van der Waals surface area contributed by atoms with Gasteiger partial charge in [0, 0.05) is 24.5 Å². The normalized spacial score (nSPS) is 20.4. The standard InChI is InChI=1S/C13H17NO2S/c1-9-3-4-11(7-10(9)2)14-5-6-17-12(8-14)13(15)16/h3-4,7,12H,5-6,8H2,1-2H3,(H,15,16). The van der Waals surface area contributed by atoms with Crippen LogP contribution in [-0.4, -0.2) is 35.2 Å². The molecule has 1 aromatic carbocycles. The molecule has 1 aliphatic rings. The molecule has 2 rings (SSSR count). The average molecular weight is 251 g/mol. The van der Waals surface area contributed by atoms with Gasteiger partial charge in [-0.15, -0.1) is 11.8 Å². The minimum absolute atomic E-state index is 0.301. The molecule has 0 spiro atoms. The lowest BCUT2D eigenvalue weighted by Crippen LogP contribution is -2.41. The first-order valence-corrected chi connectivity index (χ1v) is 6.79. The minimum atomic E-state index is -0.705. The van der Waals surface area contributed by atoms with Gasteiger partial charge in [0.2, 0.25) is 0 Å². The summed E-state index contributed by atoms with van der Waals surface area (Å²) in [5, 5.41) is 8.75. The molecule has 1 N–H and O–H groups in total. The third kappa shape index (κ3) is 2.75. The predicted octanol–water partition coefficient (Wildman–Crippen LogP) is 2.31. The SMILES string of the molecule is Cc1ccc(N2CCSC(C(=O)O)C2)cc1C. The van der Waals surface area contributed by atoms with E-state index in [1.165, 1.54) is 22.9 Å². The number of carbonyl (C=O) groups is 1. The van der Waals surface area contributed by atoms with Crippen LogP contribution in [-0.2, 0) is 4.79 Å². The summed E-state index contributed by atoms with van der Waals surface area (Å²) in [5.74, 6) is 0.174. The zero-order valence-corrected chi connectivity index (χ0v) is 11.0. The van der Waals surface area contributed by atoms with E-state index in [1.807, 2.05) is 0 Å². The fraction of sp³-hybridized carbons (Fsp3) is 0.462. The largest absolute Gasteiger partial charge is 0.480 e. The van der Waals surface area contributed by atoms with Crippen LogP contribution < -0.4 is 4.90 Å². The fourth-order valence-electron chi connectivity index (χ4n) is 1.96. The smallest absolute Gasteiger partial charge is 0.318 e. The first-order valence-electron chi connectivity index (χ1n) is 5.74. The lowest BCUT2D eigenvalue weighted by atomic mass is 10.1. The molecule has 1 atom stereocenters. The summed E-state index contributed by atoms with van der Waals surface area (Å²) >= 11 is 1.54. The highest BCUT2D eigenvalue weighted by Crippen LogP contribution is 2.25. The molecule has 0 radical (unpaired) electrons. The number of thioether (sulfide) groups is 1. The second kappa shape index (κ2) is 5.00. The number of carboxylic acids is 1. The Balaban J connectivity index is 2.16. The zero-order chi connectivity index (χ0) is 12.4. The summed E-state index contributed by atoms with van der Waals surface area (Å²) in [4.78, 5) is 13.2. The molecule has 4 heteroatoms. The maximum Gasteiger partial charge on any atom is 0.318 e. The van der Waals surface area contributed by atoms with Gasteiger partial charge in [-0.3, -0.25) is 4.79 Å². The molecule has 0 saturated carbocycles. The number of aryl methyl sites for hydroxylation is 2. The molecule has 1 unspecified atom stereocenters. The van der Waals surface area contributed by atoms with Crippen molar-refractivity contribution in [3.05, 3.63) is 29.3 Å². The van der Waals surface area contributed by atoms with Crippen LogP contribution in [0.1, 0.15) is 11.1 Å². The molecule has 0 amide bonds. The van der Waals surface area contributed by atoms with Crippen molar-refractivity contribution in [1.29, 1.82) is 0 Å². The molecule has 1 aromatic rings. The first kappa shape index (κ1) is 12.3. The van der Waals surface area contributed by atoms with Crippen molar-refractivity contribution in [2.45, 2.75) is 19.1 Å². The lowest BCUT2D eigenvalue weighted by molar-refractivity contribution is -0.136. The summed E-state index contributed by atoms with van der Waals surface area (Å²) < 4.78 is 0. The monoisotopic (exact) mass is 251 g/mol. The van der Waals surface area contributed by atoms with E-state index < -0.39 is 5.97 Å². The number of nitrogens with zero attached hydrogens (tertiary/aromatic N) is 1. The summed E-state index contributed by atoms with van der Waals surface area (Å²) in [6.07, 6.45) is 0. The molecule has 0 bridgehead atoms. The second-order valence-electron chi connectivity index (χ2n) is 4.41. The Labute approximate surface area is 106 Å². The number of hydrogen-bond acceptors (Lipinski definition) is 3. The summed E-state index contributed by atoms with van der Waals surface area (Å²) in [7, 11) is 0. The Kier molecular flexibility index (Phi) is 3.62. The number of aliphatic carboxylic acids is 1. The van der Waals surface area contributed by atoms with Crippen LogP contribution in [0.4, 0.5) is 5.69 Å².